The van der Waals surface area contributed by atoms with Crippen LogP contribution in [0.15, 0.2) is 40.5 Å². The van der Waals surface area contributed by atoms with Crippen LogP contribution in [0.4, 0.5) is 0 Å². The lowest BCUT2D eigenvalue weighted by Crippen LogP contribution is -2.39. The molecule has 2 atom stereocenters. The molecule has 0 aromatic heterocycles. The molecule has 1 saturated carbocycles. The molecule has 1 unspecified atom stereocenters. The van der Waals surface area contributed by atoms with E-state index < -0.39 is 11.8 Å². The summed E-state index contributed by atoms with van der Waals surface area (Å²) < 4.78 is 11.7. The van der Waals surface area contributed by atoms with Gasteiger partial charge in [-0.1, -0.05) is 44.9 Å². The van der Waals surface area contributed by atoms with Gasteiger partial charge in [0, 0.05) is 29.3 Å². The minimum Gasteiger partial charge on any atom is -0.493 e. The molecule has 1 aliphatic heterocycles. The van der Waals surface area contributed by atoms with Crippen molar-refractivity contribution >= 4 is 17.5 Å². The third-order valence-electron chi connectivity index (χ3n) is 5.87. The highest BCUT2D eigenvalue weighted by Crippen LogP contribution is 2.45. The zero-order valence-electron chi connectivity index (χ0n) is 18.4. The summed E-state index contributed by atoms with van der Waals surface area (Å²) in [4.78, 5) is 30.8. The summed E-state index contributed by atoms with van der Waals surface area (Å²) in [5.41, 5.74) is 2.93. The Hall–Kier alpha value is -2.43. The molecule has 0 spiro atoms. The van der Waals surface area contributed by atoms with Gasteiger partial charge in [0.2, 0.25) is 0 Å². The molecular formula is C25H33NO4. The van der Waals surface area contributed by atoms with Crippen molar-refractivity contribution in [3.63, 3.8) is 0 Å². The Labute approximate surface area is 179 Å². The number of fused-ring (bicyclic) bond motifs is 1. The third kappa shape index (κ3) is 4.82. The molecule has 5 heteroatoms. The van der Waals surface area contributed by atoms with E-state index in [1.807, 2.05) is 31.2 Å². The Morgan fingerprint density at radius 3 is 2.57 bits per heavy atom. The quantitative estimate of drug-likeness (QED) is 0.404. The fraction of sp³-hybridized carbons (Fsp3) is 0.560. The van der Waals surface area contributed by atoms with E-state index in [-0.39, 0.29) is 11.8 Å². The normalized spacial score (nSPS) is 21.2. The SMILES string of the molecule is CCCCOC(=O)C1=C(C)N=C2CCCC(=O)C2[C@@H]1c1ccccc1OCCCC. The molecule has 1 fully saturated rings. The number of hydrogen-bond acceptors (Lipinski definition) is 5. The number of esters is 1. The van der Waals surface area contributed by atoms with E-state index in [1.54, 1.807) is 0 Å². The number of rotatable bonds is 9. The Morgan fingerprint density at radius 2 is 1.80 bits per heavy atom. The lowest BCUT2D eigenvalue weighted by Gasteiger charge is -2.36. The van der Waals surface area contributed by atoms with Crippen LogP contribution in [0, 0.1) is 5.92 Å². The summed E-state index contributed by atoms with van der Waals surface area (Å²) in [7, 11) is 0. The summed E-state index contributed by atoms with van der Waals surface area (Å²) >= 11 is 0. The smallest absolute Gasteiger partial charge is 0.336 e. The molecule has 5 nitrogen and oxygen atoms in total. The van der Waals surface area contributed by atoms with Gasteiger partial charge in [0.15, 0.2) is 0 Å². The van der Waals surface area contributed by atoms with Crippen molar-refractivity contribution in [1.29, 1.82) is 0 Å². The maximum atomic E-state index is 13.1. The first-order valence-corrected chi connectivity index (χ1v) is 11.3. The summed E-state index contributed by atoms with van der Waals surface area (Å²) in [6.07, 6.45) is 5.89. The van der Waals surface area contributed by atoms with E-state index >= 15 is 0 Å². The van der Waals surface area contributed by atoms with Crippen LogP contribution in [0.3, 0.4) is 0 Å². The first-order chi connectivity index (χ1) is 14.6. The van der Waals surface area contributed by atoms with Crippen LogP contribution < -0.4 is 4.74 Å². The van der Waals surface area contributed by atoms with E-state index in [0.717, 1.165) is 55.5 Å². The molecule has 0 N–H and O–H groups in total. The number of nitrogens with zero attached hydrogens (tertiary/aromatic N) is 1. The van der Waals surface area contributed by atoms with Crippen molar-refractivity contribution < 1.29 is 19.1 Å². The van der Waals surface area contributed by atoms with Crippen molar-refractivity contribution in [2.75, 3.05) is 13.2 Å². The highest BCUT2D eigenvalue weighted by Gasteiger charge is 2.44. The molecular weight excluding hydrogens is 378 g/mol. The predicted octanol–water partition coefficient (Wildman–Crippen LogP) is 5.39. The number of ether oxygens (including phenoxy) is 2. The molecule has 3 rings (SSSR count). The van der Waals surface area contributed by atoms with E-state index in [0.29, 0.717) is 30.9 Å². The number of allylic oxidation sites excluding steroid dienone is 1. The molecule has 162 valence electrons. The van der Waals surface area contributed by atoms with E-state index in [4.69, 9.17) is 14.5 Å². The van der Waals surface area contributed by atoms with Crippen molar-refractivity contribution in [3.8, 4) is 5.75 Å². The number of unbranched alkanes of at least 4 members (excludes halogenated alkanes) is 2. The van der Waals surface area contributed by atoms with E-state index in [9.17, 15) is 9.59 Å². The van der Waals surface area contributed by atoms with Crippen LogP contribution in [-0.2, 0) is 14.3 Å². The Bertz CT molecular complexity index is 839. The topological polar surface area (TPSA) is 65.0 Å². The molecule has 0 saturated heterocycles. The van der Waals surface area contributed by atoms with Crippen LogP contribution in [0.25, 0.3) is 0 Å². The van der Waals surface area contributed by atoms with Crippen LogP contribution in [0.1, 0.15) is 77.2 Å². The highest BCUT2D eigenvalue weighted by atomic mass is 16.5. The maximum Gasteiger partial charge on any atom is 0.336 e. The Morgan fingerprint density at radius 1 is 1.07 bits per heavy atom. The van der Waals surface area contributed by atoms with Crippen molar-refractivity contribution in [2.24, 2.45) is 10.9 Å². The number of benzene rings is 1. The number of Topliss-reactive ketones (excluding diaryl/α,β-unsaturated/α-hetero) is 1. The van der Waals surface area contributed by atoms with Crippen LogP contribution >= 0.6 is 0 Å². The average molecular weight is 412 g/mol. The highest BCUT2D eigenvalue weighted by molar-refractivity contribution is 6.11. The third-order valence-corrected chi connectivity index (χ3v) is 5.87. The maximum absolute atomic E-state index is 13.1. The van der Waals surface area contributed by atoms with Gasteiger partial charge in [-0.25, -0.2) is 4.79 Å². The number of hydrogen-bond donors (Lipinski definition) is 0. The molecule has 2 aliphatic rings. The lowest BCUT2D eigenvalue weighted by molar-refractivity contribution is -0.139. The first-order valence-electron chi connectivity index (χ1n) is 11.3. The van der Waals surface area contributed by atoms with Gasteiger partial charge < -0.3 is 9.47 Å². The average Bonchev–Trinajstić information content (AvgIpc) is 2.73. The van der Waals surface area contributed by atoms with Crippen molar-refractivity contribution in [1.82, 2.24) is 0 Å². The van der Waals surface area contributed by atoms with E-state index in [1.165, 1.54) is 0 Å². The largest absolute Gasteiger partial charge is 0.493 e. The second kappa shape index (κ2) is 10.6. The second-order valence-electron chi connectivity index (χ2n) is 8.11. The van der Waals surface area contributed by atoms with Gasteiger partial charge >= 0.3 is 5.97 Å². The van der Waals surface area contributed by atoms with Gasteiger partial charge in [-0.05, 0) is 38.7 Å². The number of carbonyl (C=O) groups excluding carboxylic acids is 2. The summed E-state index contributed by atoms with van der Waals surface area (Å²) in [5, 5.41) is 0. The fourth-order valence-corrected chi connectivity index (χ4v) is 4.30. The fourth-order valence-electron chi connectivity index (χ4n) is 4.30. The second-order valence-corrected chi connectivity index (χ2v) is 8.11. The van der Waals surface area contributed by atoms with E-state index in [2.05, 4.69) is 13.8 Å². The van der Waals surface area contributed by atoms with Crippen LogP contribution in [0.5, 0.6) is 5.75 Å². The number of carbonyl (C=O) groups is 2. The summed E-state index contributed by atoms with van der Waals surface area (Å²) in [5.74, 6) is -0.290. The number of para-hydroxylation sites is 1. The molecule has 0 radical (unpaired) electrons. The van der Waals surface area contributed by atoms with Gasteiger partial charge in [-0.3, -0.25) is 9.79 Å². The molecule has 0 bridgehead atoms. The van der Waals surface area contributed by atoms with Gasteiger partial charge in [-0.15, -0.1) is 0 Å². The zero-order chi connectivity index (χ0) is 21.5. The molecule has 0 amide bonds. The molecule has 30 heavy (non-hydrogen) atoms. The Balaban J connectivity index is 2.04. The molecule has 1 aromatic rings. The monoisotopic (exact) mass is 411 g/mol. The summed E-state index contributed by atoms with van der Waals surface area (Å²) in [6.45, 7) is 7.02. The van der Waals surface area contributed by atoms with Crippen molar-refractivity contribution in [2.45, 2.75) is 71.6 Å². The molecule has 1 aliphatic carbocycles. The van der Waals surface area contributed by atoms with Gasteiger partial charge in [-0.2, -0.15) is 0 Å². The number of ketones is 1. The van der Waals surface area contributed by atoms with Crippen molar-refractivity contribution in [3.05, 3.63) is 41.1 Å². The van der Waals surface area contributed by atoms with Gasteiger partial charge in [0.05, 0.1) is 24.7 Å². The first kappa shape index (κ1) is 22.3. The van der Waals surface area contributed by atoms with Gasteiger partial charge in [0.1, 0.15) is 11.5 Å². The van der Waals surface area contributed by atoms with Crippen LogP contribution in [-0.4, -0.2) is 30.7 Å². The standard InChI is InChI=1S/C25H33NO4/c1-4-6-15-29-21-14-9-8-11-18(21)23-22(25(28)30-16-7-5-2)17(3)26-19-12-10-13-20(27)24(19)23/h8-9,11,14,23-24H,4-7,10,12-13,15-16H2,1-3H3/t23-,24?/m1/s1. The minimum atomic E-state index is -0.410. The number of aliphatic imine (C=N–C) groups is 1. The minimum absolute atomic E-state index is 0.153. The van der Waals surface area contributed by atoms with Gasteiger partial charge in [0.25, 0.3) is 0 Å². The predicted molar refractivity (Wildman–Crippen MR) is 118 cm³/mol. The zero-order valence-corrected chi connectivity index (χ0v) is 18.4. The molecule has 1 heterocycles. The van der Waals surface area contributed by atoms with Crippen LogP contribution in [0.2, 0.25) is 0 Å². The molecule has 1 aromatic carbocycles. The Kier molecular flexibility index (Phi) is 7.83. The lowest BCUT2D eigenvalue weighted by atomic mass is 9.69. The summed E-state index contributed by atoms with van der Waals surface area (Å²) in [6, 6.07) is 7.78.